The molecule has 1 amide bonds. The standard InChI is InChI=1S/C19H20ClN3O5S/c1-27-16-5-3-2-4-15(16)22-6-8-23(9-7-22)29(25,26)18-11-17-14(10-13(18)20)21-19(24)12-28-17/h2-5,10-11H,6-9,12H2,1H3,(H,21,24). The summed E-state index contributed by atoms with van der Waals surface area (Å²) < 4.78 is 38.5. The van der Waals surface area contributed by atoms with Crippen LogP contribution in [0, 0.1) is 0 Å². The van der Waals surface area contributed by atoms with Gasteiger partial charge in [-0.2, -0.15) is 4.31 Å². The summed E-state index contributed by atoms with van der Waals surface area (Å²) in [5, 5.41) is 2.66. The van der Waals surface area contributed by atoms with Crippen molar-refractivity contribution in [2.24, 2.45) is 0 Å². The number of carbonyl (C=O) groups excluding carboxylic acids is 1. The van der Waals surface area contributed by atoms with E-state index in [4.69, 9.17) is 21.1 Å². The van der Waals surface area contributed by atoms with Gasteiger partial charge in [-0.3, -0.25) is 4.79 Å². The number of hydrogen-bond acceptors (Lipinski definition) is 6. The van der Waals surface area contributed by atoms with Gasteiger partial charge in [0.05, 0.1) is 23.5 Å². The van der Waals surface area contributed by atoms with Crippen molar-refractivity contribution in [3.05, 3.63) is 41.4 Å². The molecule has 0 radical (unpaired) electrons. The van der Waals surface area contributed by atoms with Crippen LogP contribution in [0.1, 0.15) is 0 Å². The first-order valence-electron chi connectivity index (χ1n) is 9.04. The largest absolute Gasteiger partial charge is 0.495 e. The summed E-state index contributed by atoms with van der Waals surface area (Å²) in [6.45, 7) is 1.51. The van der Waals surface area contributed by atoms with Crippen LogP contribution in [-0.2, 0) is 14.8 Å². The van der Waals surface area contributed by atoms with Crippen LogP contribution in [0.4, 0.5) is 11.4 Å². The van der Waals surface area contributed by atoms with Gasteiger partial charge in [-0.1, -0.05) is 23.7 Å². The van der Waals surface area contributed by atoms with Crippen molar-refractivity contribution in [2.75, 3.05) is 50.1 Å². The molecule has 0 bridgehead atoms. The summed E-state index contributed by atoms with van der Waals surface area (Å²) in [6, 6.07) is 10.4. The number of sulfonamides is 1. The summed E-state index contributed by atoms with van der Waals surface area (Å²) >= 11 is 6.24. The zero-order chi connectivity index (χ0) is 20.6. The predicted molar refractivity (Wildman–Crippen MR) is 110 cm³/mol. The summed E-state index contributed by atoms with van der Waals surface area (Å²) in [4.78, 5) is 13.5. The summed E-state index contributed by atoms with van der Waals surface area (Å²) in [5.41, 5.74) is 1.30. The van der Waals surface area contributed by atoms with Crippen LogP contribution in [0.25, 0.3) is 0 Å². The minimum Gasteiger partial charge on any atom is -0.495 e. The first kappa shape index (κ1) is 19.8. The molecule has 10 heteroatoms. The van der Waals surface area contributed by atoms with E-state index in [-0.39, 0.29) is 22.4 Å². The Kier molecular flexibility index (Phi) is 5.28. The average molecular weight is 438 g/mol. The smallest absolute Gasteiger partial charge is 0.262 e. The highest BCUT2D eigenvalue weighted by Gasteiger charge is 2.32. The molecule has 4 rings (SSSR count). The fourth-order valence-electron chi connectivity index (χ4n) is 3.48. The van der Waals surface area contributed by atoms with Gasteiger partial charge in [-0.25, -0.2) is 8.42 Å². The molecule has 1 N–H and O–H groups in total. The van der Waals surface area contributed by atoms with Gasteiger partial charge < -0.3 is 19.7 Å². The Balaban J connectivity index is 1.55. The molecule has 0 unspecified atom stereocenters. The van der Waals surface area contributed by atoms with E-state index < -0.39 is 10.0 Å². The van der Waals surface area contributed by atoms with Crippen molar-refractivity contribution in [1.82, 2.24) is 4.31 Å². The summed E-state index contributed by atoms with van der Waals surface area (Å²) in [6.07, 6.45) is 0. The first-order valence-corrected chi connectivity index (χ1v) is 10.9. The third kappa shape index (κ3) is 3.73. The molecule has 29 heavy (non-hydrogen) atoms. The first-order chi connectivity index (χ1) is 13.9. The topological polar surface area (TPSA) is 88.2 Å². The van der Waals surface area contributed by atoms with Gasteiger partial charge in [-0.05, 0) is 18.2 Å². The molecule has 2 aromatic carbocycles. The Labute approximate surface area is 174 Å². The third-order valence-corrected chi connectivity index (χ3v) is 7.31. The number of fused-ring (bicyclic) bond motifs is 1. The number of methoxy groups -OCH3 is 1. The molecule has 2 aliphatic heterocycles. The van der Waals surface area contributed by atoms with Gasteiger partial charge in [0, 0.05) is 32.2 Å². The maximum atomic E-state index is 13.2. The van der Waals surface area contributed by atoms with Gasteiger partial charge in [0.15, 0.2) is 6.61 Å². The highest BCUT2D eigenvalue weighted by Crippen LogP contribution is 2.37. The lowest BCUT2D eigenvalue weighted by Crippen LogP contribution is -2.48. The molecule has 0 saturated carbocycles. The molecule has 0 atom stereocenters. The number of carbonyl (C=O) groups is 1. The molecule has 2 aromatic rings. The lowest BCUT2D eigenvalue weighted by molar-refractivity contribution is -0.118. The number of piperazine rings is 1. The number of halogens is 1. The Hall–Kier alpha value is -2.49. The number of nitrogens with one attached hydrogen (secondary N) is 1. The second-order valence-electron chi connectivity index (χ2n) is 6.68. The Bertz CT molecular complexity index is 1050. The molecule has 8 nitrogen and oxygen atoms in total. The Morgan fingerprint density at radius 3 is 2.59 bits per heavy atom. The average Bonchev–Trinajstić information content (AvgIpc) is 2.73. The fraction of sp³-hybridized carbons (Fsp3) is 0.316. The van der Waals surface area contributed by atoms with E-state index in [0.717, 1.165) is 11.4 Å². The second-order valence-corrected chi connectivity index (χ2v) is 8.99. The quantitative estimate of drug-likeness (QED) is 0.788. The van der Waals surface area contributed by atoms with Crippen LogP contribution in [0.3, 0.4) is 0 Å². The number of nitrogens with zero attached hydrogens (tertiary/aromatic N) is 2. The highest BCUT2D eigenvalue weighted by atomic mass is 35.5. The number of rotatable bonds is 4. The van der Waals surface area contributed by atoms with Gasteiger partial charge in [-0.15, -0.1) is 0 Å². The molecular formula is C19H20ClN3O5S. The predicted octanol–water partition coefficient (Wildman–Crippen LogP) is 2.19. The van der Waals surface area contributed by atoms with E-state index in [2.05, 4.69) is 10.2 Å². The summed E-state index contributed by atoms with van der Waals surface area (Å²) in [5.74, 6) is 0.734. The number of para-hydroxylation sites is 2. The van der Waals surface area contributed by atoms with Crippen molar-refractivity contribution in [3.63, 3.8) is 0 Å². The molecular weight excluding hydrogens is 418 g/mol. The van der Waals surface area contributed by atoms with Gasteiger partial charge in [0.2, 0.25) is 10.0 Å². The number of ether oxygens (including phenoxy) is 2. The van der Waals surface area contributed by atoms with Crippen LogP contribution >= 0.6 is 11.6 Å². The van der Waals surface area contributed by atoms with E-state index in [0.29, 0.717) is 37.6 Å². The van der Waals surface area contributed by atoms with Gasteiger partial charge >= 0.3 is 0 Å². The van der Waals surface area contributed by atoms with Crippen LogP contribution < -0.4 is 19.7 Å². The van der Waals surface area contributed by atoms with Crippen molar-refractivity contribution in [1.29, 1.82) is 0 Å². The Morgan fingerprint density at radius 2 is 1.86 bits per heavy atom. The minimum absolute atomic E-state index is 0.0280. The highest BCUT2D eigenvalue weighted by molar-refractivity contribution is 7.89. The molecule has 1 fully saturated rings. The molecule has 0 spiro atoms. The maximum absolute atomic E-state index is 13.2. The number of hydrogen-bond donors (Lipinski definition) is 1. The van der Waals surface area contributed by atoms with Crippen molar-refractivity contribution in [3.8, 4) is 11.5 Å². The van der Waals surface area contributed by atoms with Crippen LogP contribution in [-0.4, -0.2) is 58.5 Å². The molecule has 154 valence electrons. The lowest BCUT2D eigenvalue weighted by Gasteiger charge is -2.36. The Morgan fingerprint density at radius 1 is 1.14 bits per heavy atom. The van der Waals surface area contributed by atoms with Crippen molar-refractivity contribution >= 4 is 38.9 Å². The monoisotopic (exact) mass is 437 g/mol. The zero-order valence-electron chi connectivity index (χ0n) is 15.7. The van der Waals surface area contributed by atoms with Crippen LogP contribution in [0.2, 0.25) is 5.02 Å². The number of amides is 1. The third-order valence-electron chi connectivity index (χ3n) is 4.95. The van der Waals surface area contributed by atoms with Gasteiger partial charge in [0.1, 0.15) is 16.4 Å². The SMILES string of the molecule is COc1ccccc1N1CCN(S(=O)(=O)c2cc3c(cc2Cl)NC(=O)CO3)CC1. The van der Waals surface area contributed by atoms with Crippen LogP contribution in [0.5, 0.6) is 11.5 Å². The molecule has 2 aliphatic rings. The zero-order valence-corrected chi connectivity index (χ0v) is 17.3. The molecule has 0 aromatic heterocycles. The fourth-order valence-corrected chi connectivity index (χ4v) is 5.42. The van der Waals surface area contributed by atoms with E-state index in [1.807, 2.05) is 24.3 Å². The number of anilines is 2. The lowest BCUT2D eigenvalue weighted by atomic mass is 10.2. The van der Waals surface area contributed by atoms with Crippen LogP contribution in [0.15, 0.2) is 41.3 Å². The van der Waals surface area contributed by atoms with Crippen molar-refractivity contribution in [2.45, 2.75) is 4.90 Å². The summed E-state index contributed by atoms with van der Waals surface area (Å²) in [7, 11) is -2.20. The maximum Gasteiger partial charge on any atom is 0.262 e. The van der Waals surface area contributed by atoms with E-state index in [1.54, 1.807) is 7.11 Å². The molecule has 2 heterocycles. The number of benzene rings is 2. The molecule has 1 saturated heterocycles. The van der Waals surface area contributed by atoms with E-state index >= 15 is 0 Å². The minimum atomic E-state index is -3.81. The molecule has 0 aliphatic carbocycles. The van der Waals surface area contributed by atoms with E-state index in [1.165, 1.54) is 16.4 Å². The van der Waals surface area contributed by atoms with Crippen molar-refractivity contribution < 1.29 is 22.7 Å². The normalized spacial score (nSPS) is 17.3. The van der Waals surface area contributed by atoms with E-state index in [9.17, 15) is 13.2 Å². The van der Waals surface area contributed by atoms with Gasteiger partial charge in [0.25, 0.3) is 5.91 Å². The second kappa shape index (κ2) is 7.74.